The molecule has 0 atom stereocenters. The van der Waals surface area contributed by atoms with Gasteiger partial charge in [0.15, 0.2) is 0 Å². The molecule has 0 saturated carbocycles. The molecule has 0 amide bonds. The maximum absolute atomic E-state index is 3.79. The molecule has 0 N–H and O–H groups in total. The summed E-state index contributed by atoms with van der Waals surface area (Å²) in [7, 11) is 0. The van der Waals surface area contributed by atoms with Gasteiger partial charge in [0.1, 0.15) is 0 Å². The van der Waals surface area contributed by atoms with Gasteiger partial charge in [0.25, 0.3) is 0 Å². The van der Waals surface area contributed by atoms with Crippen molar-refractivity contribution in [3.8, 4) is 11.1 Å². The molecule has 0 aliphatic heterocycles. The first-order valence-electron chi connectivity index (χ1n) is 12.2. The number of aryl methyl sites for hydroxylation is 1. The summed E-state index contributed by atoms with van der Waals surface area (Å²) in [6.45, 7) is 3.18. The van der Waals surface area contributed by atoms with Crippen LogP contribution in [-0.2, 0) is 12.0 Å². The van der Waals surface area contributed by atoms with Gasteiger partial charge in [0.05, 0.1) is 5.41 Å². The number of nitrogens with zero attached hydrogens (tertiary/aromatic N) is 1. The maximum Gasteiger partial charge on any atom is 0.0714 e. The van der Waals surface area contributed by atoms with Crippen LogP contribution in [0.15, 0.2) is 120 Å². The molecule has 0 unspecified atom stereocenters. The van der Waals surface area contributed by atoms with Crippen molar-refractivity contribution in [3.05, 3.63) is 142 Å². The lowest BCUT2D eigenvalue weighted by Crippen LogP contribution is -2.28. The van der Waals surface area contributed by atoms with E-state index in [2.05, 4.69) is 143 Å². The molecule has 5 aromatic carbocycles. The van der Waals surface area contributed by atoms with E-state index in [1.807, 2.05) is 0 Å². The molecular formula is C33H24BrN. The Morgan fingerprint density at radius 2 is 1.23 bits per heavy atom. The Hall–Kier alpha value is -3.62. The predicted octanol–water partition coefficient (Wildman–Crippen LogP) is 8.94. The van der Waals surface area contributed by atoms with Crippen LogP contribution in [0.25, 0.3) is 32.9 Å². The van der Waals surface area contributed by atoms with Gasteiger partial charge in [-0.1, -0.05) is 101 Å². The standard InChI is InChI=1S/C33H24BrN/c1-2-35-31-16-10-9-15-26(31)28-20-30-27(21-32(28)35)25-18-17-24(34)19-29(25)33(30,22-11-5-3-6-12-22)23-13-7-4-8-14-23/h3-21H,2H2,1H3. The second-order valence-electron chi connectivity index (χ2n) is 9.35. The number of fused-ring (bicyclic) bond motifs is 6. The van der Waals surface area contributed by atoms with Crippen molar-refractivity contribution in [1.82, 2.24) is 4.57 Å². The highest BCUT2D eigenvalue weighted by molar-refractivity contribution is 9.10. The maximum atomic E-state index is 3.79. The van der Waals surface area contributed by atoms with E-state index in [0.717, 1.165) is 11.0 Å². The van der Waals surface area contributed by atoms with E-state index in [1.54, 1.807) is 0 Å². The molecule has 6 aromatic rings. The zero-order valence-electron chi connectivity index (χ0n) is 19.5. The molecule has 0 spiro atoms. The van der Waals surface area contributed by atoms with Crippen molar-refractivity contribution in [2.24, 2.45) is 0 Å². The highest BCUT2D eigenvalue weighted by Crippen LogP contribution is 2.57. The molecule has 1 aliphatic rings. The lowest BCUT2D eigenvalue weighted by molar-refractivity contribution is 0.768. The summed E-state index contributed by atoms with van der Waals surface area (Å²) in [6, 6.07) is 42.5. The Balaban J connectivity index is 1.71. The van der Waals surface area contributed by atoms with Crippen molar-refractivity contribution in [1.29, 1.82) is 0 Å². The van der Waals surface area contributed by atoms with Crippen LogP contribution in [0.3, 0.4) is 0 Å². The third-order valence-electron chi connectivity index (χ3n) is 7.72. The Kier molecular flexibility index (Phi) is 4.56. The van der Waals surface area contributed by atoms with Gasteiger partial charge in [-0.3, -0.25) is 0 Å². The summed E-state index contributed by atoms with van der Waals surface area (Å²) >= 11 is 3.79. The molecule has 1 nitrogen and oxygen atoms in total. The Morgan fingerprint density at radius 3 is 1.91 bits per heavy atom. The van der Waals surface area contributed by atoms with Crippen LogP contribution >= 0.6 is 15.9 Å². The van der Waals surface area contributed by atoms with Crippen LogP contribution in [0.5, 0.6) is 0 Å². The molecule has 2 heteroatoms. The van der Waals surface area contributed by atoms with Gasteiger partial charge >= 0.3 is 0 Å². The van der Waals surface area contributed by atoms with Gasteiger partial charge in [-0.05, 0) is 70.6 Å². The minimum absolute atomic E-state index is 0.388. The van der Waals surface area contributed by atoms with Crippen LogP contribution in [0.2, 0.25) is 0 Å². The van der Waals surface area contributed by atoms with Gasteiger partial charge in [-0.25, -0.2) is 0 Å². The van der Waals surface area contributed by atoms with Gasteiger partial charge in [0.2, 0.25) is 0 Å². The third-order valence-corrected chi connectivity index (χ3v) is 8.21. The molecule has 7 rings (SSSR count). The highest BCUT2D eigenvalue weighted by Gasteiger charge is 2.46. The summed E-state index contributed by atoms with van der Waals surface area (Å²) in [4.78, 5) is 0. The molecule has 0 bridgehead atoms. The number of aromatic nitrogens is 1. The fourth-order valence-corrected chi connectivity index (χ4v) is 6.70. The van der Waals surface area contributed by atoms with Crippen molar-refractivity contribution >= 4 is 37.7 Å². The number of halogens is 1. The number of para-hydroxylation sites is 1. The second kappa shape index (κ2) is 7.69. The van der Waals surface area contributed by atoms with Gasteiger partial charge in [0, 0.05) is 32.8 Å². The predicted molar refractivity (Wildman–Crippen MR) is 150 cm³/mol. The lowest BCUT2D eigenvalue weighted by Gasteiger charge is -2.34. The van der Waals surface area contributed by atoms with Crippen LogP contribution in [-0.4, -0.2) is 4.57 Å². The van der Waals surface area contributed by atoms with Gasteiger partial charge < -0.3 is 4.57 Å². The first-order valence-corrected chi connectivity index (χ1v) is 13.0. The van der Waals surface area contributed by atoms with E-state index in [1.165, 1.54) is 55.2 Å². The van der Waals surface area contributed by atoms with Crippen LogP contribution in [0.1, 0.15) is 29.2 Å². The zero-order chi connectivity index (χ0) is 23.6. The normalized spacial score (nSPS) is 13.8. The fourth-order valence-electron chi connectivity index (χ4n) is 6.34. The molecule has 35 heavy (non-hydrogen) atoms. The molecule has 0 fully saturated rings. The summed E-state index contributed by atoms with van der Waals surface area (Å²) in [6.07, 6.45) is 0. The SMILES string of the molecule is CCn1c2ccccc2c2cc3c(cc21)-c1ccc(Br)cc1C3(c1ccccc1)c1ccccc1. The quantitative estimate of drug-likeness (QED) is 0.222. The Bertz CT molecular complexity index is 1690. The molecule has 1 aromatic heterocycles. The monoisotopic (exact) mass is 513 g/mol. The molecule has 1 heterocycles. The van der Waals surface area contributed by atoms with E-state index >= 15 is 0 Å². The summed E-state index contributed by atoms with van der Waals surface area (Å²) in [5.41, 5.74) is 10.1. The second-order valence-corrected chi connectivity index (χ2v) is 10.3. The number of hydrogen-bond acceptors (Lipinski definition) is 0. The van der Waals surface area contributed by atoms with Crippen LogP contribution < -0.4 is 0 Å². The Morgan fingerprint density at radius 1 is 0.600 bits per heavy atom. The first-order chi connectivity index (χ1) is 17.2. The molecule has 0 radical (unpaired) electrons. The highest BCUT2D eigenvalue weighted by atomic mass is 79.9. The summed E-state index contributed by atoms with van der Waals surface area (Å²) < 4.78 is 3.56. The van der Waals surface area contributed by atoms with Gasteiger partial charge in [-0.2, -0.15) is 0 Å². The number of rotatable bonds is 3. The van der Waals surface area contributed by atoms with Gasteiger partial charge in [-0.15, -0.1) is 0 Å². The number of benzene rings is 5. The van der Waals surface area contributed by atoms with Crippen LogP contribution in [0.4, 0.5) is 0 Å². The first kappa shape index (κ1) is 20.7. The van der Waals surface area contributed by atoms with E-state index in [-0.39, 0.29) is 5.41 Å². The smallest absolute Gasteiger partial charge is 0.0714 e. The van der Waals surface area contributed by atoms with E-state index in [0.29, 0.717) is 0 Å². The summed E-state index contributed by atoms with van der Waals surface area (Å²) in [5.74, 6) is 0. The average Bonchev–Trinajstić information content (AvgIpc) is 3.37. The molecule has 168 valence electrons. The van der Waals surface area contributed by atoms with Crippen molar-refractivity contribution in [2.75, 3.05) is 0 Å². The van der Waals surface area contributed by atoms with E-state index < -0.39 is 0 Å². The average molecular weight is 514 g/mol. The third kappa shape index (κ3) is 2.75. The molecule has 1 aliphatic carbocycles. The van der Waals surface area contributed by atoms with Crippen molar-refractivity contribution in [2.45, 2.75) is 18.9 Å². The van der Waals surface area contributed by atoms with Crippen molar-refractivity contribution < 1.29 is 0 Å². The largest absolute Gasteiger partial charge is 0.341 e. The topological polar surface area (TPSA) is 4.93 Å². The minimum Gasteiger partial charge on any atom is -0.341 e. The Labute approximate surface area is 213 Å². The summed E-state index contributed by atoms with van der Waals surface area (Å²) in [5, 5.41) is 2.64. The van der Waals surface area contributed by atoms with Crippen molar-refractivity contribution in [3.63, 3.8) is 0 Å². The lowest BCUT2D eigenvalue weighted by atomic mass is 9.67. The molecule has 0 saturated heterocycles. The van der Waals surface area contributed by atoms with E-state index in [4.69, 9.17) is 0 Å². The number of hydrogen-bond donors (Lipinski definition) is 0. The molecular weight excluding hydrogens is 490 g/mol. The fraction of sp³-hybridized carbons (Fsp3) is 0.0909. The zero-order valence-corrected chi connectivity index (χ0v) is 21.1. The minimum atomic E-state index is -0.388. The van der Waals surface area contributed by atoms with Crippen LogP contribution in [0, 0.1) is 0 Å². The van der Waals surface area contributed by atoms with E-state index in [9.17, 15) is 0 Å².